The van der Waals surface area contributed by atoms with Gasteiger partial charge in [-0.2, -0.15) is 0 Å². The van der Waals surface area contributed by atoms with Gasteiger partial charge in [-0.05, 0) is 30.5 Å². The van der Waals surface area contributed by atoms with Crippen LogP contribution in [0.1, 0.15) is 16.7 Å². The summed E-state index contributed by atoms with van der Waals surface area (Å²) in [6, 6.07) is 16.5. The Kier molecular flexibility index (Phi) is 3.91. The second-order valence-corrected chi connectivity index (χ2v) is 5.57. The highest BCUT2D eigenvalue weighted by Crippen LogP contribution is 2.26. The Morgan fingerprint density at radius 3 is 2.90 bits per heavy atom. The molecule has 1 N–H and O–H groups in total. The zero-order chi connectivity index (χ0) is 14.7. The number of carbonyl (C=O) groups excluding carboxylic acids is 1. The normalized spacial score (nSPS) is 13.1. The van der Waals surface area contributed by atoms with E-state index in [9.17, 15) is 4.79 Å². The Labute approximate surface area is 125 Å². The number of aryl methyl sites for hydroxylation is 1. The van der Waals surface area contributed by atoms with Crippen molar-refractivity contribution >= 4 is 11.6 Å². The molecule has 0 radical (unpaired) electrons. The fourth-order valence-electron chi connectivity index (χ4n) is 2.82. The van der Waals surface area contributed by atoms with E-state index in [1.54, 1.807) is 0 Å². The average molecular weight is 280 g/mol. The summed E-state index contributed by atoms with van der Waals surface area (Å²) in [5, 5.41) is 3.00. The summed E-state index contributed by atoms with van der Waals surface area (Å²) >= 11 is 0. The van der Waals surface area contributed by atoms with Crippen molar-refractivity contribution in [3.8, 4) is 0 Å². The number of fused-ring (bicyclic) bond motifs is 1. The van der Waals surface area contributed by atoms with E-state index in [1.165, 1.54) is 16.8 Å². The molecule has 21 heavy (non-hydrogen) atoms. The molecule has 0 aromatic heterocycles. The number of carbonyl (C=O) groups is 1. The maximum absolute atomic E-state index is 12.1. The molecule has 2 aromatic rings. The molecule has 0 bridgehead atoms. The third-order valence-electron chi connectivity index (χ3n) is 3.89. The number of anilines is 1. The molecule has 1 heterocycles. The topological polar surface area (TPSA) is 32.3 Å². The zero-order valence-electron chi connectivity index (χ0n) is 12.3. The third kappa shape index (κ3) is 3.24. The molecule has 1 aliphatic heterocycles. The van der Waals surface area contributed by atoms with Crippen LogP contribution in [0.4, 0.5) is 5.69 Å². The molecule has 1 aliphatic rings. The molecule has 3 heteroatoms. The maximum Gasteiger partial charge on any atom is 0.239 e. The van der Waals surface area contributed by atoms with E-state index in [0.717, 1.165) is 18.5 Å². The van der Waals surface area contributed by atoms with Gasteiger partial charge in [0.2, 0.25) is 5.91 Å². The van der Waals surface area contributed by atoms with Crippen LogP contribution in [0.5, 0.6) is 0 Å². The monoisotopic (exact) mass is 280 g/mol. The number of hydrogen-bond acceptors (Lipinski definition) is 2. The van der Waals surface area contributed by atoms with Crippen molar-refractivity contribution in [2.45, 2.75) is 19.9 Å². The summed E-state index contributed by atoms with van der Waals surface area (Å²) in [4.78, 5) is 14.3. The first kappa shape index (κ1) is 13.7. The van der Waals surface area contributed by atoms with Gasteiger partial charge in [0.25, 0.3) is 0 Å². The molecule has 0 aliphatic carbocycles. The quantitative estimate of drug-likeness (QED) is 0.934. The first-order chi connectivity index (χ1) is 10.2. The van der Waals surface area contributed by atoms with E-state index in [4.69, 9.17) is 0 Å². The van der Waals surface area contributed by atoms with Crippen molar-refractivity contribution in [2.24, 2.45) is 0 Å². The van der Waals surface area contributed by atoms with E-state index < -0.39 is 0 Å². The molecule has 0 saturated heterocycles. The Hall–Kier alpha value is -2.29. The molecule has 0 saturated carbocycles. The van der Waals surface area contributed by atoms with Crippen molar-refractivity contribution in [1.29, 1.82) is 0 Å². The summed E-state index contributed by atoms with van der Waals surface area (Å²) in [7, 11) is 0. The summed E-state index contributed by atoms with van der Waals surface area (Å²) in [5.41, 5.74) is 4.90. The molecule has 108 valence electrons. The molecule has 0 fully saturated rings. The molecule has 2 aromatic carbocycles. The Bertz CT molecular complexity index is 651. The van der Waals surface area contributed by atoms with E-state index in [-0.39, 0.29) is 5.91 Å². The molecule has 1 amide bonds. The lowest BCUT2D eigenvalue weighted by atomic mass is 10.1. The number of nitrogens with one attached hydrogen (secondary N) is 1. The van der Waals surface area contributed by atoms with Crippen LogP contribution in [-0.4, -0.2) is 19.0 Å². The third-order valence-corrected chi connectivity index (χ3v) is 3.89. The van der Waals surface area contributed by atoms with Crippen LogP contribution in [-0.2, 0) is 17.8 Å². The Morgan fingerprint density at radius 2 is 2.05 bits per heavy atom. The van der Waals surface area contributed by atoms with Gasteiger partial charge in [-0.25, -0.2) is 0 Å². The van der Waals surface area contributed by atoms with Gasteiger partial charge in [-0.1, -0.05) is 48.0 Å². The predicted molar refractivity (Wildman–Crippen MR) is 85.4 cm³/mol. The standard InChI is InChI=1S/C18H20N2O/c1-14-5-4-6-15(11-14)12-19-18(21)13-20-10-9-16-7-2-3-8-17(16)20/h2-8,11H,9-10,12-13H2,1H3,(H,19,21). The maximum atomic E-state index is 12.1. The van der Waals surface area contributed by atoms with Crippen LogP contribution in [0.2, 0.25) is 0 Å². The van der Waals surface area contributed by atoms with E-state index in [1.807, 2.05) is 18.2 Å². The molecule has 0 atom stereocenters. The fourth-order valence-corrected chi connectivity index (χ4v) is 2.82. The number of nitrogens with zero attached hydrogens (tertiary/aromatic N) is 1. The largest absolute Gasteiger partial charge is 0.362 e. The SMILES string of the molecule is Cc1cccc(CNC(=O)CN2CCc3ccccc32)c1. The molecular weight excluding hydrogens is 260 g/mol. The number of para-hydroxylation sites is 1. The second kappa shape index (κ2) is 6.00. The number of rotatable bonds is 4. The fraction of sp³-hybridized carbons (Fsp3) is 0.278. The van der Waals surface area contributed by atoms with Crippen molar-refractivity contribution in [3.63, 3.8) is 0 Å². The van der Waals surface area contributed by atoms with Gasteiger partial charge in [-0.15, -0.1) is 0 Å². The van der Waals surface area contributed by atoms with Gasteiger partial charge in [0.15, 0.2) is 0 Å². The van der Waals surface area contributed by atoms with Crippen molar-refractivity contribution in [1.82, 2.24) is 5.32 Å². The van der Waals surface area contributed by atoms with Crippen LogP contribution >= 0.6 is 0 Å². The lowest BCUT2D eigenvalue weighted by Gasteiger charge is -2.18. The van der Waals surface area contributed by atoms with E-state index >= 15 is 0 Å². The van der Waals surface area contributed by atoms with Crippen LogP contribution in [0.25, 0.3) is 0 Å². The molecule has 3 nitrogen and oxygen atoms in total. The van der Waals surface area contributed by atoms with Crippen LogP contribution in [0.3, 0.4) is 0 Å². The highest BCUT2D eigenvalue weighted by molar-refractivity contribution is 5.82. The van der Waals surface area contributed by atoms with Crippen LogP contribution in [0.15, 0.2) is 48.5 Å². The van der Waals surface area contributed by atoms with Gasteiger partial charge in [-0.3, -0.25) is 4.79 Å². The minimum Gasteiger partial charge on any atom is -0.362 e. The number of hydrogen-bond donors (Lipinski definition) is 1. The molecule has 0 unspecified atom stereocenters. The lowest BCUT2D eigenvalue weighted by molar-refractivity contribution is -0.119. The lowest BCUT2D eigenvalue weighted by Crippen LogP contribution is -2.36. The van der Waals surface area contributed by atoms with Gasteiger partial charge >= 0.3 is 0 Å². The smallest absolute Gasteiger partial charge is 0.239 e. The van der Waals surface area contributed by atoms with E-state index in [0.29, 0.717) is 13.1 Å². The van der Waals surface area contributed by atoms with Crippen molar-refractivity contribution in [3.05, 3.63) is 65.2 Å². The zero-order valence-corrected chi connectivity index (χ0v) is 12.3. The van der Waals surface area contributed by atoms with Gasteiger partial charge in [0.1, 0.15) is 0 Å². The van der Waals surface area contributed by atoms with Crippen molar-refractivity contribution < 1.29 is 4.79 Å². The van der Waals surface area contributed by atoms with E-state index in [2.05, 4.69) is 47.5 Å². The predicted octanol–water partition coefficient (Wildman–Crippen LogP) is 2.67. The molecular formula is C18H20N2O. The summed E-state index contributed by atoms with van der Waals surface area (Å²) in [6.07, 6.45) is 1.03. The average Bonchev–Trinajstić information content (AvgIpc) is 2.89. The number of amides is 1. The highest BCUT2D eigenvalue weighted by Gasteiger charge is 2.20. The second-order valence-electron chi connectivity index (χ2n) is 5.57. The molecule has 0 spiro atoms. The van der Waals surface area contributed by atoms with Gasteiger partial charge in [0.05, 0.1) is 6.54 Å². The van der Waals surface area contributed by atoms with Gasteiger partial charge in [0, 0.05) is 18.8 Å². The number of benzene rings is 2. The van der Waals surface area contributed by atoms with Gasteiger partial charge < -0.3 is 10.2 Å². The summed E-state index contributed by atoms with van der Waals surface area (Å²) in [6.45, 7) is 4.02. The van der Waals surface area contributed by atoms with Crippen LogP contribution < -0.4 is 10.2 Å². The Balaban J connectivity index is 1.56. The minimum atomic E-state index is 0.0770. The minimum absolute atomic E-state index is 0.0770. The van der Waals surface area contributed by atoms with Crippen LogP contribution in [0, 0.1) is 6.92 Å². The summed E-state index contributed by atoms with van der Waals surface area (Å²) < 4.78 is 0. The first-order valence-electron chi connectivity index (χ1n) is 7.37. The van der Waals surface area contributed by atoms with Crippen molar-refractivity contribution in [2.75, 3.05) is 18.0 Å². The molecule has 3 rings (SSSR count). The summed E-state index contributed by atoms with van der Waals surface area (Å²) in [5.74, 6) is 0.0770. The highest BCUT2D eigenvalue weighted by atomic mass is 16.2. The Morgan fingerprint density at radius 1 is 1.19 bits per heavy atom. The first-order valence-corrected chi connectivity index (χ1v) is 7.37.